The van der Waals surface area contributed by atoms with E-state index in [2.05, 4.69) is 55.3 Å². The Balaban J connectivity index is 1.26. The number of anilines is 1. The molecular formula is C24H29N5O2S. The molecule has 0 bridgehead atoms. The Bertz CT molecular complexity index is 1040. The molecule has 2 unspecified atom stereocenters. The molecule has 7 nitrogen and oxygen atoms in total. The van der Waals surface area contributed by atoms with Crippen LogP contribution in [0.1, 0.15) is 40.6 Å². The first-order valence-corrected chi connectivity index (χ1v) is 11.8. The number of nitrogens with one attached hydrogen (secondary N) is 1. The molecule has 4 heterocycles. The Hall–Kier alpha value is -2.42. The molecule has 5 rings (SSSR count). The standard InChI is InChI=1S/C24H29N5O2S/c1-16-4-2-7-21(25-16)28-12-10-27(11-13-28)14-17-5-3-6-18-19(17)15-29(24(18)32)20-8-9-22(30)26-23(20)31/h2-7,20,24,32H,8-15H2,1H3,(H,26,30,31). The predicted octanol–water partition coefficient (Wildman–Crippen LogP) is 2.26. The topological polar surface area (TPSA) is 68.8 Å². The van der Waals surface area contributed by atoms with Gasteiger partial charge in [-0.2, -0.15) is 12.6 Å². The van der Waals surface area contributed by atoms with E-state index in [9.17, 15) is 9.59 Å². The first kappa shape index (κ1) is 21.4. The lowest BCUT2D eigenvalue weighted by molar-refractivity contribution is -0.137. The second kappa shape index (κ2) is 8.84. The van der Waals surface area contributed by atoms with Crippen molar-refractivity contribution in [3.05, 3.63) is 58.8 Å². The number of carbonyl (C=O) groups is 2. The lowest BCUT2D eigenvalue weighted by atomic mass is 10.0. The van der Waals surface area contributed by atoms with Crippen LogP contribution in [0.5, 0.6) is 0 Å². The van der Waals surface area contributed by atoms with Crippen LogP contribution in [0, 0.1) is 6.92 Å². The number of benzene rings is 1. The summed E-state index contributed by atoms with van der Waals surface area (Å²) in [6.07, 6.45) is 0.941. The molecule has 1 aromatic heterocycles. The maximum atomic E-state index is 12.4. The fourth-order valence-electron chi connectivity index (χ4n) is 5.05. The third-order valence-corrected chi connectivity index (χ3v) is 7.39. The van der Waals surface area contributed by atoms with E-state index in [4.69, 9.17) is 12.6 Å². The SMILES string of the molecule is Cc1cccc(N2CCN(Cc3cccc4c3CN(C3CCC(=O)NC3=O)C4S)CC2)n1. The van der Waals surface area contributed by atoms with E-state index in [0.717, 1.165) is 44.2 Å². The number of thiol groups is 1. The normalized spacial score (nSPS) is 24.5. The van der Waals surface area contributed by atoms with Gasteiger partial charge in [0.1, 0.15) is 5.82 Å². The van der Waals surface area contributed by atoms with Crippen LogP contribution in [0.25, 0.3) is 0 Å². The monoisotopic (exact) mass is 451 g/mol. The Labute approximate surface area is 194 Å². The van der Waals surface area contributed by atoms with Gasteiger partial charge in [0.05, 0.1) is 11.4 Å². The zero-order valence-corrected chi connectivity index (χ0v) is 19.2. The van der Waals surface area contributed by atoms with Gasteiger partial charge in [0, 0.05) is 51.4 Å². The van der Waals surface area contributed by atoms with Crippen molar-refractivity contribution in [2.24, 2.45) is 0 Å². The number of carbonyl (C=O) groups excluding carboxylic acids is 2. The average Bonchev–Trinajstić information content (AvgIpc) is 3.12. The van der Waals surface area contributed by atoms with Crippen molar-refractivity contribution >= 4 is 30.3 Å². The van der Waals surface area contributed by atoms with Gasteiger partial charge < -0.3 is 4.90 Å². The quantitative estimate of drug-likeness (QED) is 0.549. The summed E-state index contributed by atoms with van der Waals surface area (Å²) in [7, 11) is 0. The van der Waals surface area contributed by atoms with Crippen LogP contribution in [-0.2, 0) is 22.7 Å². The van der Waals surface area contributed by atoms with Gasteiger partial charge in [-0.05, 0) is 42.2 Å². The second-order valence-corrected chi connectivity index (χ2v) is 9.39. The van der Waals surface area contributed by atoms with Gasteiger partial charge in [0.2, 0.25) is 11.8 Å². The van der Waals surface area contributed by atoms with Crippen molar-refractivity contribution < 1.29 is 9.59 Å². The zero-order chi connectivity index (χ0) is 22.2. The number of aromatic nitrogens is 1. The Morgan fingerprint density at radius 1 is 1.09 bits per heavy atom. The van der Waals surface area contributed by atoms with Crippen molar-refractivity contribution in [3.8, 4) is 0 Å². The van der Waals surface area contributed by atoms with Crippen LogP contribution in [0.3, 0.4) is 0 Å². The first-order valence-electron chi connectivity index (χ1n) is 11.3. The number of imide groups is 1. The molecule has 32 heavy (non-hydrogen) atoms. The largest absolute Gasteiger partial charge is 0.354 e. The smallest absolute Gasteiger partial charge is 0.243 e. The first-order chi connectivity index (χ1) is 15.5. The molecule has 1 aromatic carbocycles. The van der Waals surface area contributed by atoms with Crippen LogP contribution in [0.2, 0.25) is 0 Å². The van der Waals surface area contributed by atoms with Crippen molar-refractivity contribution in [1.29, 1.82) is 0 Å². The third-order valence-electron chi connectivity index (χ3n) is 6.82. The fourth-order valence-corrected chi connectivity index (χ4v) is 5.53. The number of piperazine rings is 1. The highest BCUT2D eigenvalue weighted by Gasteiger charge is 2.39. The van der Waals surface area contributed by atoms with Crippen LogP contribution < -0.4 is 10.2 Å². The highest BCUT2D eigenvalue weighted by Crippen LogP contribution is 2.40. The van der Waals surface area contributed by atoms with E-state index in [0.29, 0.717) is 19.4 Å². The van der Waals surface area contributed by atoms with Gasteiger partial charge in [-0.1, -0.05) is 24.3 Å². The molecule has 3 aliphatic heterocycles. The molecule has 0 aliphatic carbocycles. The number of piperidine rings is 1. The zero-order valence-electron chi connectivity index (χ0n) is 18.3. The average molecular weight is 452 g/mol. The number of amides is 2. The maximum Gasteiger partial charge on any atom is 0.243 e. The van der Waals surface area contributed by atoms with Gasteiger partial charge in [0.25, 0.3) is 0 Å². The van der Waals surface area contributed by atoms with Gasteiger partial charge in [-0.25, -0.2) is 4.98 Å². The van der Waals surface area contributed by atoms with Gasteiger partial charge in [0.15, 0.2) is 0 Å². The summed E-state index contributed by atoms with van der Waals surface area (Å²) in [5.41, 5.74) is 4.81. The molecule has 2 saturated heterocycles. The number of hydrogen-bond donors (Lipinski definition) is 2. The molecule has 2 atom stereocenters. The summed E-state index contributed by atoms with van der Waals surface area (Å²) >= 11 is 4.85. The highest BCUT2D eigenvalue weighted by molar-refractivity contribution is 7.80. The molecule has 2 fully saturated rings. The van der Waals surface area contributed by atoms with Gasteiger partial charge in [-0.3, -0.25) is 24.7 Å². The number of rotatable bonds is 4. The molecule has 2 aromatic rings. The van der Waals surface area contributed by atoms with E-state index in [1.807, 2.05) is 13.0 Å². The number of pyridine rings is 1. The molecule has 1 N–H and O–H groups in total. The van der Waals surface area contributed by atoms with Gasteiger partial charge in [-0.15, -0.1) is 0 Å². The number of aryl methyl sites for hydroxylation is 1. The molecule has 8 heteroatoms. The molecule has 0 saturated carbocycles. The summed E-state index contributed by atoms with van der Waals surface area (Å²) < 4.78 is 0. The molecular weight excluding hydrogens is 422 g/mol. The van der Waals surface area contributed by atoms with E-state index < -0.39 is 0 Å². The molecule has 168 valence electrons. The lowest BCUT2D eigenvalue weighted by Crippen LogP contribution is -2.51. The van der Waals surface area contributed by atoms with Crippen molar-refractivity contribution in [3.63, 3.8) is 0 Å². The van der Waals surface area contributed by atoms with E-state index >= 15 is 0 Å². The molecule has 3 aliphatic rings. The Morgan fingerprint density at radius 2 is 1.88 bits per heavy atom. The second-order valence-electron chi connectivity index (χ2n) is 8.90. The predicted molar refractivity (Wildman–Crippen MR) is 126 cm³/mol. The van der Waals surface area contributed by atoms with E-state index in [1.54, 1.807) is 0 Å². The maximum absolute atomic E-state index is 12.4. The van der Waals surface area contributed by atoms with Crippen LogP contribution >= 0.6 is 12.6 Å². The van der Waals surface area contributed by atoms with Crippen molar-refractivity contribution in [2.45, 2.75) is 44.3 Å². The summed E-state index contributed by atoms with van der Waals surface area (Å²) in [6, 6.07) is 12.3. The summed E-state index contributed by atoms with van der Waals surface area (Å²) in [5.74, 6) is 0.679. The molecule has 0 spiro atoms. The summed E-state index contributed by atoms with van der Waals surface area (Å²) in [5, 5.41) is 2.36. The van der Waals surface area contributed by atoms with Crippen LogP contribution in [0.4, 0.5) is 5.82 Å². The van der Waals surface area contributed by atoms with Crippen molar-refractivity contribution in [2.75, 3.05) is 31.1 Å². The Morgan fingerprint density at radius 3 is 2.62 bits per heavy atom. The fraction of sp³-hybridized carbons (Fsp3) is 0.458. The van der Waals surface area contributed by atoms with Crippen LogP contribution in [-0.4, -0.2) is 58.8 Å². The Kier molecular flexibility index (Phi) is 5.92. The molecule has 0 radical (unpaired) electrons. The summed E-state index contributed by atoms with van der Waals surface area (Å²) in [4.78, 5) is 35.6. The highest BCUT2D eigenvalue weighted by atomic mass is 32.1. The number of nitrogens with zero attached hydrogens (tertiary/aromatic N) is 4. The van der Waals surface area contributed by atoms with Crippen LogP contribution in [0.15, 0.2) is 36.4 Å². The third kappa shape index (κ3) is 4.14. The minimum absolute atomic E-state index is 0.127. The minimum Gasteiger partial charge on any atom is -0.354 e. The van der Waals surface area contributed by atoms with Gasteiger partial charge >= 0.3 is 0 Å². The number of fused-ring (bicyclic) bond motifs is 1. The molecule has 2 amide bonds. The van der Waals surface area contributed by atoms with E-state index in [-0.39, 0.29) is 23.2 Å². The van der Waals surface area contributed by atoms with E-state index in [1.165, 1.54) is 16.7 Å². The lowest BCUT2D eigenvalue weighted by Gasteiger charge is -2.35. The van der Waals surface area contributed by atoms with Crippen molar-refractivity contribution in [1.82, 2.24) is 20.1 Å². The number of hydrogen-bond acceptors (Lipinski definition) is 7. The summed E-state index contributed by atoms with van der Waals surface area (Å²) in [6.45, 7) is 7.51. The minimum atomic E-state index is -0.305.